The molecule has 1 saturated heterocycles. The SMILES string of the molecule is C(OCCCC1CCOCC1)=C1CCCC1. The minimum absolute atomic E-state index is 0.886. The highest BCUT2D eigenvalue weighted by Crippen LogP contribution is 2.24. The van der Waals surface area contributed by atoms with Crippen molar-refractivity contribution in [2.75, 3.05) is 19.8 Å². The highest BCUT2D eigenvalue weighted by Gasteiger charge is 2.12. The van der Waals surface area contributed by atoms with Crippen molar-refractivity contribution in [1.82, 2.24) is 0 Å². The molecule has 0 unspecified atom stereocenters. The van der Waals surface area contributed by atoms with Crippen molar-refractivity contribution in [3.05, 3.63) is 11.8 Å². The van der Waals surface area contributed by atoms with Crippen molar-refractivity contribution in [3.8, 4) is 0 Å². The normalized spacial score (nSPS) is 22.4. The van der Waals surface area contributed by atoms with E-state index in [0.717, 1.165) is 25.7 Å². The molecule has 0 amide bonds. The quantitative estimate of drug-likeness (QED) is 0.524. The lowest BCUT2D eigenvalue weighted by Gasteiger charge is -2.21. The highest BCUT2D eigenvalue weighted by molar-refractivity contribution is 5.02. The van der Waals surface area contributed by atoms with Gasteiger partial charge in [-0.1, -0.05) is 0 Å². The molecule has 1 aliphatic heterocycles. The first-order chi connectivity index (χ1) is 7.95. The minimum atomic E-state index is 0.886. The summed E-state index contributed by atoms with van der Waals surface area (Å²) < 4.78 is 11.0. The monoisotopic (exact) mass is 224 g/mol. The first-order valence-electron chi connectivity index (χ1n) is 6.82. The summed E-state index contributed by atoms with van der Waals surface area (Å²) in [4.78, 5) is 0. The molecule has 2 heteroatoms. The molecule has 2 aliphatic rings. The van der Waals surface area contributed by atoms with Crippen LogP contribution in [0.5, 0.6) is 0 Å². The topological polar surface area (TPSA) is 18.5 Å². The Labute approximate surface area is 99.0 Å². The van der Waals surface area contributed by atoms with Gasteiger partial charge in [0.05, 0.1) is 12.9 Å². The van der Waals surface area contributed by atoms with Gasteiger partial charge >= 0.3 is 0 Å². The van der Waals surface area contributed by atoms with Gasteiger partial charge < -0.3 is 9.47 Å². The zero-order valence-corrected chi connectivity index (χ0v) is 10.2. The summed E-state index contributed by atoms with van der Waals surface area (Å²) in [5, 5.41) is 0. The number of hydrogen-bond donors (Lipinski definition) is 0. The van der Waals surface area contributed by atoms with Gasteiger partial charge in [0.15, 0.2) is 0 Å². The molecule has 0 aromatic heterocycles. The molecule has 2 fully saturated rings. The van der Waals surface area contributed by atoms with E-state index in [1.165, 1.54) is 56.9 Å². The predicted molar refractivity (Wildman–Crippen MR) is 65.3 cm³/mol. The summed E-state index contributed by atoms with van der Waals surface area (Å²) in [5.41, 5.74) is 1.52. The minimum Gasteiger partial charge on any atom is -0.501 e. The standard InChI is InChI=1S/C14H24O2/c1-2-5-14(4-1)12-16-9-3-6-13-7-10-15-11-8-13/h12-13H,1-11H2. The van der Waals surface area contributed by atoms with Gasteiger partial charge in [0.1, 0.15) is 0 Å². The van der Waals surface area contributed by atoms with Crippen LogP contribution in [0.1, 0.15) is 51.4 Å². The van der Waals surface area contributed by atoms with Crippen molar-refractivity contribution >= 4 is 0 Å². The van der Waals surface area contributed by atoms with Gasteiger partial charge in [-0.15, -0.1) is 0 Å². The summed E-state index contributed by atoms with van der Waals surface area (Å²) in [6.07, 6.45) is 12.3. The zero-order valence-electron chi connectivity index (χ0n) is 10.2. The number of ether oxygens (including phenoxy) is 2. The Kier molecular flexibility index (Phi) is 5.20. The second-order valence-electron chi connectivity index (χ2n) is 5.05. The van der Waals surface area contributed by atoms with E-state index in [9.17, 15) is 0 Å². The molecule has 16 heavy (non-hydrogen) atoms. The third-order valence-electron chi connectivity index (χ3n) is 3.71. The van der Waals surface area contributed by atoms with Crippen LogP contribution in [-0.4, -0.2) is 19.8 Å². The van der Waals surface area contributed by atoms with Crippen molar-refractivity contribution < 1.29 is 9.47 Å². The van der Waals surface area contributed by atoms with Crippen LogP contribution in [0.4, 0.5) is 0 Å². The summed E-state index contributed by atoms with van der Waals surface area (Å²) >= 11 is 0. The first-order valence-corrected chi connectivity index (χ1v) is 6.82. The molecule has 0 aromatic rings. The lowest BCUT2D eigenvalue weighted by molar-refractivity contribution is 0.0613. The Hall–Kier alpha value is -0.500. The van der Waals surface area contributed by atoms with Gasteiger partial charge in [-0.2, -0.15) is 0 Å². The summed E-state index contributed by atoms with van der Waals surface area (Å²) in [5.74, 6) is 0.886. The Bertz CT molecular complexity index is 209. The molecule has 2 rings (SSSR count). The second-order valence-corrected chi connectivity index (χ2v) is 5.05. The fourth-order valence-corrected chi connectivity index (χ4v) is 2.61. The second kappa shape index (κ2) is 6.95. The van der Waals surface area contributed by atoms with Crippen molar-refractivity contribution in [3.63, 3.8) is 0 Å². The summed E-state index contributed by atoms with van der Waals surface area (Å²) in [6.45, 7) is 2.84. The van der Waals surface area contributed by atoms with E-state index in [-0.39, 0.29) is 0 Å². The van der Waals surface area contributed by atoms with Gasteiger partial charge in [0.25, 0.3) is 0 Å². The van der Waals surface area contributed by atoms with E-state index >= 15 is 0 Å². The molecule has 0 spiro atoms. The van der Waals surface area contributed by atoms with Gasteiger partial charge in [-0.25, -0.2) is 0 Å². The van der Waals surface area contributed by atoms with Crippen LogP contribution < -0.4 is 0 Å². The molecule has 92 valence electrons. The fraction of sp³-hybridized carbons (Fsp3) is 0.857. The summed E-state index contributed by atoms with van der Waals surface area (Å²) in [7, 11) is 0. The van der Waals surface area contributed by atoms with E-state index in [4.69, 9.17) is 9.47 Å². The van der Waals surface area contributed by atoms with Gasteiger partial charge in [-0.3, -0.25) is 0 Å². The van der Waals surface area contributed by atoms with Crippen LogP contribution in [-0.2, 0) is 9.47 Å². The van der Waals surface area contributed by atoms with Crippen LogP contribution >= 0.6 is 0 Å². The molecule has 0 bridgehead atoms. The van der Waals surface area contributed by atoms with E-state index < -0.39 is 0 Å². The molecule has 0 N–H and O–H groups in total. The van der Waals surface area contributed by atoms with Crippen LogP contribution in [0.3, 0.4) is 0 Å². The van der Waals surface area contributed by atoms with Crippen molar-refractivity contribution in [2.24, 2.45) is 5.92 Å². The van der Waals surface area contributed by atoms with Gasteiger partial charge in [-0.05, 0) is 62.9 Å². The largest absolute Gasteiger partial charge is 0.501 e. The van der Waals surface area contributed by atoms with Gasteiger partial charge in [0.2, 0.25) is 0 Å². The maximum atomic E-state index is 5.62. The van der Waals surface area contributed by atoms with Crippen LogP contribution in [0.25, 0.3) is 0 Å². The molecule has 1 saturated carbocycles. The Morgan fingerprint density at radius 3 is 2.69 bits per heavy atom. The van der Waals surface area contributed by atoms with Crippen LogP contribution in [0.15, 0.2) is 11.8 Å². The van der Waals surface area contributed by atoms with Gasteiger partial charge in [0, 0.05) is 13.2 Å². The smallest absolute Gasteiger partial charge is 0.0873 e. The molecule has 0 atom stereocenters. The Morgan fingerprint density at radius 1 is 1.19 bits per heavy atom. The lowest BCUT2D eigenvalue weighted by atomic mass is 9.95. The van der Waals surface area contributed by atoms with Crippen molar-refractivity contribution in [1.29, 1.82) is 0 Å². The van der Waals surface area contributed by atoms with E-state index in [2.05, 4.69) is 0 Å². The molecular weight excluding hydrogens is 200 g/mol. The number of allylic oxidation sites excluding steroid dienone is 1. The Morgan fingerprint density at radius 2 is 1.94 bits per heavy atom. The first kappa shape index (κ1) is 12.0. The molecular formula is C14H24O2. The molecule has 2 nitrogen and oxygen atoms in total. The summed E-state index contributed by atoms with van der Waals surface area (Å²) in [6, 6.07) is 0. The Balaban J connectivity index is 1.49. The maximum absolute atomic E-state index is 5.62. The average molecular weight is 224 g/mol. The number of rotatable bonds is 5. The molecule has 1 heterocycles. The third kappa shape index (κ3) is 4.17. The van der Waals surface area contributed by atoms with E-state index in [1.807, 2.05) is 6.26 Å². The van der Waals surface area contributed by atoms with Crippen molar-refractivity contribution in [2.45, 2.75) is 51.4 Å². The number of hydrogen-bond acceptors (Lipinski definition) is 2. The maximum Gasteiger partial charge on any atom is 0.0873 e. The third-order valence-corrected chi connectivity index (χ3v) is 3.71. The molecule has 0 radical (unpaired) electrons. The van der Waals surface area contributed by atoms with E-state index in [1.54, 1.807) is 0 Å². The van der Waals surface area contributed by atoms with E-state index in [0.29, 0.717) is 0 Å². The average Bonchev–Trinajstić information content (AvgIpc) is 2.83. The lowest BCUT2D eigenvalue weighted by Crippen LogP contribution is -2.15. The predicted octanol–water partition coefficient (Wildman–Crippen LogP) is 3.67. The van der Waals surface area contributed by atoms with Crippen LogP contribution in [0, 0.1) is 5.92 Å². The van der Waals surface area contributed by atoms with Crippen LogP contribution in [0.2, 0.25) is 0 Å². The molecule has 0 aromatic carbocycles. The highest BCUT2D eigenvalue weighted by atomic mass is 16.5. The fourth-order valence-electron chi connectivity index (χ4n) is 2.61. The zero-order chi connectivity index (χ0) is 11.1. The molecule has 1 aliphatic carbocycles.